The van der Waals surface area contributed by atoms with Gasteiger partial charge in [0, 0.05) is 0 Å². The zero-order chi connectivity index (χ0) is 13.8. The molecule has 2 aromatic carbocycles. The van der Waals surface area contributed by atoms with E-state index >= 15 is 0 Å². The number of rotatable bonds is 4. The predicted molar refractivity (Wildman–Crippen MR) is 77.9 cm³/mol. The molecule has 0 amide bonds. The first kappa shape index (κ1) is 13.3. The standard InChI is InChI=1S/C16H19NO2/c1-11(2)18-14-5-4-6-15(16(14)17)19-13-9-7-12(3)8-10-13/h4-11H,17H2,1-3H3. The van der Waals surface area contributed by atoms with Crippen molar-refractivity contribution in [2.24, 2.45) is 0 Å². The molecule has 0 saturated heterocycles. The monoisotopic (exact) mass is 257 g/mol. The fraction of sp³-hybridized carbons (Fsp3) is 0.250. The lowest BCUT2D eigenvalue weighted by atomic mass is 10.2. The third kappa shape index (κ3) is 3.41. The molecule has 0 radical (unpaired) electrons. The Labute approximate surface area is 114 Å². The van der Waals surface area contributed by atoms with Crippen LogP contribution in [0.3, 0.4) is 0 Å². The molecule has 0 bridgehead atoms. The van der Waals surface area contributed by atoms with E-state index in [1.54, 1.807) is 0 Å². The third-order valence-corrected chi connectivity index (χ3v) is 2.64. The summed E-state index contributed by atoms with van der Waals surface area (Å²) < 4.78 is 11.4. The Balaban J connectivity index is 2.23. The van der Waals surface area contributed by atoms with Gasteiger partial charge in [-0.05, 0) is 45.0 Å². The lowest BCUT2D eigenvalue weighted by Crippen LogP contribution is -2.07. The van der Waals surface area contributed by atoms with Gasteiger partial charge in [0.25, 0.3) is 0 Å². The summed E-state index contributed by atoms with van der Waals surface area (Å²) in [6, 6.07) is 13.4. The van der Waals surface area contributed by atoms with E-state index in [0.29, 0.717) is 17.2 Å². The first-order valence-electron chi connectivity index (χ1n) is 6.36. The van der Waals surface area contributed by atoms with Crippen molar-refractivity contribution in [3.05, 3.63) is 48.0 Å². The van der Waals surface area contributed by atoms with Crippen LogP contribution in [0.5, 0.6) is 17.2 Å². The van der Waals surface area contributed by atoms with Crippen LogP contribution in [-0.4, -0.2) is 6.10 Å². The normalized spacial score (nSPS) is 10.5. The molecule has 0 aromatic heterocycles. The van der Waals surface area contributed by atoms with Crippen molar-refractivity contribution in [2.45, 2.75) is 26.9 Å². The Hall–Kier alpha value is -2.16. The molecule has 100 valence electrons. The number of benzene rings is 2. The lowest BCUT2D eigenvalue weighted by molar-refractivity contribution is 0.243. The van der Waals surface area contributed by atoms with E-state index in [0.717, 1.165) is 5.75 Å². The van der Waals surface area contributed by atoms with E-state index < -0.39 is 0 Å². The van der Waals surface area contributed by atoms with Crippen LogP contribution in [0, 0.1) is 6.92 Å². The maximum atomic E-state index is 6.06. The van der Waals surface area contributed by atoms with Gasteiger partial charge < -0.3 is 15.2 Å². The highest BCUT2D eigenvalue weighted by molar-refractivity contribution is 5.63. The van der Waals surface area contributed by atoms with Gasteiger partial charge >= 0.3 is 0 Å². The summed E-state index contributed by atoms with van der Waals surface area (Å²) >= 11 is 0. The highest BCUT2D eigenvalue weighted by Crippen LogP contribution is 2.34. The molecule has 0 heterocycles. The second-order valence-electron chi connectivity index (χ2n) is 4.75. The number of hydrogen-bond acceptors (Lipinski definition) is 3. The minimum Gasteiger partial charge on any atom is -0.489 e. The largest absolute Gasteiger partial charge is 0.489 e. The Bertz CT molecular complexity index is 547. The second-order valence-corrected chi connectivity index (χ2v) is 4.75. The average molecular weight is 257 g/mol. The first-order chi connectivity index (χ1) is 9.06. The molecule has 0 aliphatic heterocycles. The third-order valence-electron chi connectivity index (χ3n) is 2.64. The van der Waals surface area contributed by atoms with Crippen molar-refractivity contribution in [1.82, 2.24) is 0 Å². The van der Waals surface area contributed by atoms with Crippen LogP contribution in [0.15, 0.2) is 42.5 Å². The number of nitrogens with two attached hydrogens (primary N) is 1. The number of nitrogen functional groups attached to an aromatic ring is 1. The van der Waals surface area contributed by atoms with Gasteiger partial charge in [-0.25, -0.2) is 0 Å². The molecule has 0 aliphatic carbocycles. The fourth-order valence-electron chi connectivity index (χ4n) is 1.70. The molecule has 0 spiro atoms. The van der Waals surface area contributed by atoms with Gasteiger partial charge in [0.1, 0.15) is 17.2 Å². The molecule has 0 fully saturated rings. The molecule has 3 nitrogen and oxygen atoms in total. The minimum atomic E-state index is 0.0805. The zero-order valence-electron chi connectivity index (χ0n) is 11.5. The number of aryl methyl sites for hydroxylation is 1. The van der Waals surface area contributed by atoms with E-state index in [-0.39, 0.29) is 6.10 Å². The van der Waals surface area contributed by atoms with Gasteiger partial charge in [0.2, 0.25) is 0 Å². The summed E-state index contributed by atoms with van der Waals surface area (Å²) in [5.41, 5.74) is 7.78. The Morgan fingerprint density at radius 1 is 0.947 bits per heavy atom. The average Bonchev–Trinajstić information content (AvgIpc) is 2.36. The number of anilines is 1. The second kappa shape index (κ2) is 5.65. The zero-order valence-corrected chi connectivity index (χ0v) is 11.5. The van der Waals surface area contributed by atoms with Crippen molar-refractivity contribution in [3.8, 4) is 17.2 Å². The fourth-order valence-corrected chi connectivity index (χ4v) is 1.70. The number of hydrogen-bond donors (Lipinski definition) is 1. The van der Waals surface area contributed by atoms with Gasteiger partial charge in [0.15, 0.2) is 5.75 Å². The summed E-state index contributed by atoms with van der Waals surface area (Å²) in [6.45, 7) is 5.97. The van der Waals surface area contributed by atoms with Crippen molar-refractivity contribution >= 4 is 5.69 Å². The summed E-state index contributed by atoms with van der Waals surface area (Å²) in [5, 5.41) is 0. The molecule has 2 N–H and O–H groups in total. The van der Waals surface area contributed by atoms with E-state index in [9.17, 15) is 0 Å². The molecule has 0 aliphatic rings. The van der Waals surface area contributed by atoms with E-state index in [2.05, 4.69) is 0 Å². The molecular formula is C16H19NO2. The summed E-state index contributed by atoms with van der Waals surface area (Å²) in [4.78, 5) is 0. The Morgan fingerprint density at radius 3 is 2.21 bits per heavy atom. The highest BCUT2D eigenvalue weighted by Gasteiger charge is 2.09. The molecule has 19 heavy (non-hydrogen) atoms. The van der Waals surface area contributed by atoms with Crippen LogP contribution >= 0.6 is 0 Å². The summed E-state index contributed by atoms with van der Waals surface area (Å²) in [6.07, 6.45) is 0.0805. The van der Waals surface area contributed by atoms with Gasteiger partial charge in [-0.1, -0.05) is 23.8 Å². The smallest absolute Gasteiger partial charge is 0.154 e. The van der Waals surface area contributed by atoms with Gasteiger partial charge in [-0.15, -0.1) is 0 Å². The maximum absolute atomic E-state index is 6.06. The molecule has 0 atom stereocenters. The van der Waals surface area contributed by atoms with Gasteiger partial charge in [0.05, 0.1) is 6.10 Å². The SMILES string of the molecule is Cc1ccc(Oc2cccc(OC(C)C)c2N)cc1. The van der Waals surface area contributed by atoms with Crippen LogP contribution in [0.4, 0.5) is 5.69 Å². The van der Waals surface area contributed by atoms with Crippen molar-refractivity contribution in [1.29, 1.82) is 0 Å². The van der Waals surface area contributed by atoms with E-state index in [1.165, 1.54) is 5.56 Å². The lowest BCUT2D eigenvalue weighted by Gasteiger charge is -2.15. The predicted octanol–water partition coefficient (Wildman–Crippen LogP) is 4.16. The topological polar surface area (TPSA) is 44.5 Å². The molecular weight excluding hydrogens is 238 g/mol. The molecule has 2 rings (SSSR count). The molecule has 3 heteroatoms. The van der Waals surface area contributed by atoms with Crippen LogP contribution in [-0.2, 0) is 0 Å². The van der Waals surface area contributed by atoms with E-state index in [4.69, 9.17) is 15.2 Å². The Morgan fingerprint density at radius 2 is 1.58 bits per heavy atom. The highest BCUT2D eigenvalue weighted by atomic mass is 16.5. The number of ether oxygens (including phenoxy) is 2. The van der Waals surface area contributed by atoms with Crippen molar-refractivity contribution in [3.63, 3.8) is 0 Å². The first-order valence-corrected chi connectivity index (χ1v) is 6.36. The minimum absolute atomic E-state index is 0.0805. The van der Waals surface area contributed by atoms with Crippen LogP contribution in [0.2, 0.25) is 0 Å². The number of para-hydroxylation sites is 1. The van der Waals surface area contributed by atoms with Crippen LogP contribution < -0.4 is 15.2 Å². The maximum Gasteiger partial charge on any atom is 0.154 e. The molecule has 0 unspecified atom stereocenters. The quantitative estimate of drug-likeness (QED) is 0.836. The summed E-state index contributed by atoms with van der Waals surface area (Å²) in [7, 11) is 0. The summed E-state index contributed by atoms with van der Waals surface area (Å²) in [5.74, 6) is 2.03. The Kier molecular flexibility index (Phi) is 3.95. The van der Waals surface area contributed by atoms with E-state index in [1.807, 2.05) is 63.2 Å². The van der Waals surface area contributed by atoms with Crippen molar-refractivity contribution in [2.75, 3.05) is 5.73 Å². The van der Waals surface area contributed by atoms with Crippen molar-refractivity contribution < 1.29 is 9.47 Å². The van der Waals surface area contributed by atoms with Crippen LogP contribution in [0.1, 0.15) is 19.4 Å². The molecule has 2 aromatic rings. The van der Waals surface area contributed by atoms with Gasteiger partial charge in [-0.3, -0.25) is 0 Å². The molecule has 0 saturated carbocycles. The van der Waals surface area contributed by atoms with Gasteiger partial charge in [-0.2, -0.15) is 0 Å². The van der Waals surface area contributed by atoms with Crippen LogP contribution in [0.25, 0.3) is 0 Å².